The Morgan fingerprint density at radius 3 is 2.23 bits per heavy atom. The van der Waals surface area contributed by atoms with Crippen LogP contribution in [0.15, 0.2) is 97.3 Å². The van der Waals surface area contributed by atoms with Gasteiger partial charge in [-0.3, -0.25) is 0 Å². The van der Waals surface area contributed by atoms with Gasteiger partial charge in [-0.15, -0.1) is 59.7 Å². The summed E-state index contributed by atoms with van der Waals surface area (Å²) in [5.41, 5.74) is 5.42. The van der Waals surface area contributed by atoms with Gasteiger partial charge in [0.05, 0.1) is 8.07 Å². The fourth-order valence-electron chi connectivity index (χ4n) is 4.37. The zero-order valence-corrected chi connectivity index (χ0v) is 27.2. The maximum Gasteiger partial charge on any atom is 0.0776 e. The van der Waals surface area contributed by atoms with E-state index in [9.17, 15) is 0 Å². The summed E-state index contributed by atoms with van der Waals surface area (Å²) in [7, 11) is -1.31. The van der Waals surface area contributed by atoms with Gasteiger partial charge >= 0.3 is 0 Å². The molecule has 39 heavy (non-hydrogen) atoms. The third-order valence-electron chi connectivity index (χ3n) is 6.66. The molecule has 0 saturated carbocycles. The van der Waals surface area contributed by atoms with Crippen LogP contribution in [0.4, 0.5) is 0 Å². The Labute approximate surface area is 250 Å². The summed E-state index contributed by atoms with van der Waals surface area (Å²) in [5.74, 6) is 0.501. The number of benzene rings is 3. The van der Waals surface area contributed by atoms with E-state index in [1.165, 1.54) is 30.9 Å². The largest absolute Gasteiger partial charge is 0.305 e. The van der Waals surface area contributed by atoms with Crippen LogP contribution < -0.4 is 5.19 Å². The van der Waals surface area contributed by atoms with Crippen LogP contribution in [0.2, 0.25) is 19.6 Å². The van der Waals surface area contributed by atoms with E-state index < -0.39 is 8.07 Å². The number of thiophene rings is 1. The van der Waals surface area contributed by atoms with E-state index in [4.69, 9.17) is 4.98 Å². The fourth-order valence-corrected chi connectivity index (χ4v) is 6.88. The number of aromatic nitrogens is 2. The molecule has 0 saturated heterocycles. The van der Waals surface area contributed by atoms with Crippen molar-refractivity contribution >= 4 is 44.8 Å². The van der Waals surface area contributed by atoms with Crippen LogP contribution in [0.1, 0.15) is 25.3 Å². The molecule has 0 amide bonds. The van der Waals surface area contributed by atoms with Crippen molar-refractivity contribution in [1.82, 2.24) is 9.97 Å². The smallest absolute Gasteiger partial charge is 0.0776 e. The minimum atomic E-state index is -1.31. The molecule has 0 aliphatic heterocycles. The second-order valence-electron chi connectivity index (χ2n) is 10.8. The first-order chi connectivity index (χ1) is 18.3. The topological polar surface area (TPSA) is 25.8 Å². The molecular weight excluding hydrogens is 689 g/mol. The zero-order chi connectivity index (χ0) is 26.7. The molecule has 6 aromatic rings. The van der Waals surface area contributed by atoms with Gasteiger partial charge in [0, 0.05) is 37.2 Å². The minimum Gasteiger partial charge on any atom is -0.305 e. The Kier molecular flexibility index (Phi) is 9.29. The van der Waals surface area contributed by atoms with E-state index in [1.807, 2.05) is 66.1 Å². The SMILES string of the molecule is CC(C)c1ccc(-c2[c-]ccc3c2sc2cc([Si](C)(C)C)ccc23)nc1.[Ir].[c-]1ccccc1-c1ccccn1. The van der Waals surface area contributed by atoms with Crippen molar-refractivity contribution in [3.63, 3.8) is 0 Å². The van der Waals surface area contributed by atoms with Crippen molar-refractivity contribution in [3.8, 4) is 22.5 Å². The van der Waals surface area contributed by atoms with E-state index in [2.05, 4.69) is 87.0 Å². The summed E-state index contributed by atoms with van der Waals surface area (Å²) in [4.78, 5) is 8.95. The Morgan fingerprint density at radius 2 is 1.59 bits per heavy atom. The van der Waals surface area contributed by atoms with Crippen LogP contribution >= 0.6 is 11.3 Å². The van der Waals surface area contributed by atoms with Crippen LogP contribution in [-0.4, -0.2) is 18.0 Å². The molecule has 0 fully saturated rings. The van der Waals surface area contributed by atoms with Gasteiger partial charge in [-0.1, -0.05) is 80.5 Å². The van der Waals surface area contributed by atoms with Gasteiger partial charge in [-0.2, -0.15) is 11.3 Å². The summed E-state index contributed by atoms with van der Waals surface area (Å²) in [6.45, 7) is 11.6. The number of hydrogen-bond acceptors (Lipinski definition) is 3. The molecule has 6 rings (SSSR count). The molecule has 3 heterocycles. The molecule has 3 aromatic heterocycles. The third kappa shape index (κ3) is 6.62. The van der Waals surface area contributed by atoms with Crippen molar-refractivity contribution in [1.29, 1.82) is 0 Å². The first kappa shape index (κ1) is 29.0. The maximum atomic E-state index is 4.73. The Bertz CT molecular complexity index is 1620. The molecule has 0 aliphatic rings. The second-order valence-corrected chi connectivity index (χ2v) is 16.9. The van der Waals surface area contributed by atoms with Gasteiger partial charge in [0.1, 0.15) is 0 Å². The number of rotatable bonds is 4. The molecule has 199 valence electrons. The zero-order valence-electron chi connectivity index (χ0n) is 23.0. The maximum absolute atomic E-state index is 4.73. The van der Waals surface area contributed by atoms with E-state index in [0.717, 1.165) is 22.5 Å². The van der Waals surface area contributed by atoms with Crippen molar-refractivity contribution in [2.24, 2.45) is 0 Å². The van der Waals surface area contributed by atoms with Crippen LogP contribution in [0.3, 0.4) is 0 Å². The molecule has 2 nitrogen and oxygen atoms in total. The Hall–Kier alpha value is -2.95. The van der Waals surface area contributed by atoms with Crippen molar-refractivity contribution in [2.75, 3.05) is 0 Å². The summed E-state index contributed by atoms with van der Waals surface area (Å²) in [6, 6.07) is 35.8. The fraction of sp³-hybridized carbons (Fsp3) is 0.176. The van der Waals surface area contributed by atoms with Crippen LogP contribution in [0.5, 0.6) is 0 Å². The van der Waals surface area contributed by atoms with E-state index in [1.54, 1.807) is 6.20 Å². The molecule has 0 bridgehead atoms. The van der Waals surface area contributed by atoms with Crippen LogP contribution in [0, 0.1) is 12.1 Å². The van der Waals surface area contributed by atoms with Crippen LogP contribution in [-0.2, 0) is 20.1 Å². The van der Waals surface area contributed by atoms with E-state index in [0.29, 0.717) is 5.92 Å². The summed E-state index contributed by atoms with van der Waals surface area (Å²) >= 11 is 1.87. The Morgan fingerprint density at radius 1 is 0.769 bits per heavy atom. The molecule has 3 aromatic carbocycles. The normalized spacial score (nSPS) is 11.2. The second kappa shape index (κ2) is 12.5. The molecule has 0 N–H and O–H groups in total. The average molecular weight is 721 g/mol. The van der Waals surface area contributed by atoms with Gasteiger partial charge in [0.15, 0.2) is 0 Å². The number of nitrogens with zero attached hydrogens (tertiary/aromatic N) is 2. The van der Waals surface area contributed by atoms with Gasteiger partial charge in [-0.05, 0) is 45.1 Å². The molecule has 0 aliphatic carbocycles. The third-order valence-corrected chi connectivity index (χ3v) is 9.89. The van der Waals surface area contributed by atoms with Gasteiger partial charge in [0.25, 0.3) is 0 Å². The van der Waals surface area contributed by atoms with Gasteiger partial charge < -0.3 is 9.97 Å². The quantitative estimate of drug-likeness (QED) is 0.134. The standard InChI is InChI=1S/C23H24NSSi.C11H8N.Ir/c1-15(2)16-9-12-21(24-14-16)20-8-6-7-19-18-11-10-17(26(3,4)5)13-22(18)25-23(19)20;1-2-6-10(7-3-1)11-8-4-5-9-12-11;/h6-7,9-15H,1-5H3;1-6,8-9H;/q2*-1;. The molecule has 1 radical (unpaired) electrons. The number of fused-ring (bicyclic) bond motifs is 3. The summed E-state index contributed by atoms with van der Waals surface area (Å²) < 4.78 is 2.67. The first-order valence-electron chi connectivity index (χ1n) is 13.0. The van der Waals surface area contributed by atoms with Gasteiger partial charge in [-0.25, -0.2) is 0 Å². The summed E-state index contributed by atoms with van der Waals surface area (Å²) in [5, 5.41) is 4.18. The molecule has 0 spiro atoms. The minimum absolute atomic E-state index is 0. The molecular formula is C34H32IrN2SSi-2. The van der Waals surface area contributed by atoms with Gasteiger partial charge in [0.2, 0.25) is 0 Å². The van der Waals surface area contributed by atoms with Crippen LogP contribution in [0.25, 0.3) is 42.7 Å². The van der Waals surface area contributed by atoms with E-state index >= 15 is 0 Å². The average Bonchev–Trinajstić information content (AvgIpc) is 3.32. The Balaban J connectivity index is 0.000000228. The predicted octanol–water partition coefficient (Wildman–Crippen LogP) is 9.13. The molecule has 0 unspecified atom stereocenters. The number of hydrogen-bond donors (Lipinski definition) is 0. The monoisotopic (exact) mass is 721 g/mol. The summed E-state index contributed by atoms with van der Waals surface area (Å²) in [6.07, 6.45) is 3.79. The number of pyridine rings is 2. The van der Waals surface area contributed by atoms with E-state index in [-0.39, 0.29) is 20.1 Å². The van der Waals surface area contributed by atoms with Crippen molar-refractivity contribution in [3.05, 3.63) is 115 Å². The van der Waals surface area contributed by atoms with Crippen molar-refractivity contribution in [2.45, 2.75) is 39.4 Å². The molecule has 5 heteroatoms. The van der Waals surface area contributed by atoms with Crippen molar-refractivity contribution < 1.29 is 20.1 Å². The first-order valence-corrected chi connectivity index (χ1v) is 17.3. The predicted molar refractivity (Wildman–Crippen MR) is 167 cm³/mol. The molecule has 0 atom stereocenters.